The Balaban J connectivity index is 2.03. The van der Waals surface area contributed by atoms with Gasteiger partial charge in [-0.25, -0.2) is 0 Å². The maximum absolute atomic E-state index is 11.4. The lowest BCUT2D eigenvalue weighted by Gasteiger charge is -2.09. The Bertz CT molecular complexity index is 412. The molecule has 0 bridgehead atoms. The van der Waals surface area contributed by atoms with E-state index >= 15 is 0 Å². The fourth-order valence-corrected chi connectivity index (χ4v) is 1.50. The fraction of sp³-hybridized carbons (Fsp3) is 0.400. The third-order valence-electron chi connectivity index (χ3n) is 2.55. The van der Waals surface area contributed by atoms with Crippen LogP contribution in [-0.4, -0.2) is 25.1 Å². The lowest BCUT2D eigenvalue weighted by molar-refractivity contribution is -0.122. The van der Waals surface area contributed by atoms with Crippen molar-refractivity contribution in [3.63, 3.8) is 0 Å². The molecule has 0 aliphatic rings. The van der Waals surface area contributed by atoms with Crippen LogP contribution in [0, 0.1) is 12.3 Å². The smallest absolute Gasteiger partial charge is 0.237 e. The van der Waals surface area contributed by atoms with Gasteiger partial charge in [0.25, 0.3) is 0 Å². The summed E-state index contributed by atoms with van der Waals surface area (Å²) in [6, 6.07) is 9.34. The van der Waals surface area contributed by atoms with E-state index in [-0.39, 0.29) is 12.3 Å². The number of benzene rings is 1. The van der Waals surface area contributed by atoms with Crippen molar-refractivity contribution in [3.05, 3.63) is 35.9 Å². The molecule has 102 valence electrons. The molecule has 0 saturated heterocycles. The maximum Gasteiger partial charge on any atom is 0.237 e. The molecule has 0 fully saturated rings. The average Bonchev–Trinajstić information content (AvgIpc) is 2.43. The van der Waals surface area contributed by atoms with E-state index in [0.717, 1.165) is 12.0 Å². The van der Waals surface area contributed by atoms with Gasteiger partial charge in [-0.15, -0.1) is 12.3 Å². The minimum absolute atomic E-state index is 0.207. The molecule has 3 N–H and O–H groups in total. The van der Waals surface area contributed by atoms with E-state index in [1.165, 1.54) is 0 Å². The van der Waals surface area contributed by atoms with Crippen LogP contribution in [0.25, 0.3) is 0 Å². The largest absolute Gasteiger partial charge is 0.377 e. The fourth-order valence-electron chi connectivity index (χ4n) is 1.50. The first-order valence-electron chi connectivity index (χ1n) is 6.32. The second kappa shape index (κ2) is 9.15. The molecule has 1 rings (SSSR count). The minimum Gasteiger partial charge on any atom is -0.377 e. The zero-order chi connectivity index (χ0) is 13.9. The number of ether oxygens (including phenoxy) is 1. The standard InChI is InChI=1S/C15H20N2O2/c1-2-7-14(16)15(18)17-10-6-11-19-12-13-8-4-3-5-9-13/h1,3-5,8-9,14H,6-7,10-12,16H2,(H,17,18). The van der Waals surface area contributed by atoms with Crippen molar-refractivity contribution in [3.8, 4) is 12.3 Å². The molecule has 19 heavy (non-hydrogen) atoms. The normalized spacial score (nSPS) is 11.6. The third kappa shape index (κ3) is 6.61. The van der Waals surface area contributed by atoms with E-state index in [1.54, 1.807) is 0 Å². The van der Waals surface area contributed by atoms with Crippen molar-refractivity contribution in [1.82, 2.24) is 5.32 Å². The first kappa shape index (κ1) is 15.2. The Hall–Kier alpha value is -1.83. The summed E-state index contributed by atoms with van der Waals surface area (Å²) in [4.78, 5) is 11.4. The van der Waals surface area contributed by atoms with Crippen LogP contribution in [-0.2, 0) is 16.1 Å². The molecule has 1 aromatic carbocycles. The van der Waals surface area contributed by atoms with Gasteiger partial charge in [0.05, 0.1) is 12.6 Å². The van der Waals surface area contributed by atoms with Crippen molar-refractivity contribution in [2.75, 3.05) is 13.2 Å². The Morgan fingerprint density at radius 2 is 2.16 bits per heavy atom. The lowest BCUT2D eigenvalue weighted by Crippen LogP contribution is -2.40. The molecule has 1 amide bonds. The highest BCUT2D eigenvalue weighted by Crippen LogP contribution is 2.00. The van der Waals surface area contributed by atoms with E-state index < -0.39 is 6.04 Å². The molecular formula is C15H20N2O2. The molecule has 1 unspecified atom stereocenters. The van der Waals surface area contributed by atoms with Crippen LogP contribution in [0.3, 0.4) is 0 Å². The van der Waals surface area contributed by atoms with Crippen molar-refractivity contribution >= 4 is 5.91 Å². The van der Waals surface area contributed by atoms with Crippen molar-refractivity contribution in [2.45, 2.75) is 25.5 Å². The van der Waals surface area contributed by atoms with Gasteiger partial charge in [-0.1, -0.05) is 30.3 Å². The number of nitrogens with two attached hydrogens (primary N) is 1. The van der Waals surface area contributed by atoms with E-state index in [0.29, 0.717) is 19.8 Å². The number of carbonyl (C=O) groups is 1. The SMILES string of the molecule is C#CCC(N)C(=O)NCCCOCc1ccccc1. The summed E-state index contributed by atoms with van der Waals surface area (Å²) in [6.45, 7) is 1.73. The van der Waals surface area contributed by atoms with E-state index in [2.05, 4.69) is 11.2 Å². The highest BCUT2D eigenvalue weighted by molar-refractivity contribution is 5.81. The van der Waals surface area contributed by atoms with Crippen molar-refractivity contribution in [1.29, 1.82) is 0 Å². The second-order valence-electron chi connectivity index (χ2n) is 4.20. The van der Waals surface area contributed by atoms with Gasteiger partial charge >= 0.3 is 0 Å². The predicted octanol–water partition coefficient (Wildman–Crippen LogP) is 1.06. The molecule has 1 aromatic rings. The Morgan fingerprint density at radius 3 is 2.84 bits per heavy atom. The van der Waals surface area contributed by atoms with Crippen LogP contribution in [0.4, 0.5) is 0 Å². The van der Waals surface area contributed by atoms with Gasteiger partial charge in [-0.2, -0.15) is 0 Å². The summed E-state index contributed by atoms with van der Waals surface area (Å²) in [5, 5.41) is 2.73. The summed E-state index contributed by atoms with van der Waals surface area (Å²) in [5.74, 6) is 2.16. The van der Waals surface area contributed by atoms with E-state index in [1.807, 2.05) is 30.3 Å². The predicted molar refractivity (Wildman–Crippen MR) is 75.2 cm³/mol. The van der Waals surface area contributed by atoms with E-state index in [9.17, 15) is 4.79 Å². The molecule has 0 aliphatic heterocycles. The van der Waals surface area contributed by atoms with Gasteiger partial charge in [0.1, 0.15) is 0 Å². The second-order valence-corrected chi connectivity index (χ2v) is 4.20. The number of terminal acetylenes is 1. The molecule has 0 heterocycles. The molecule has 4 nitrogen and oxygen atoms in total. The third-order valence-corrected chi connectivity index (χ3v) is 2.55. The molecule has 0 aromatic heterocycles. The maximum atomic E-state index is 11.4. The number of hydrogen-bond acceptors (Lipinski definition) is 3. The molecule has 1 atom stereocenters. The average molecular weight is 260 g/mol. The number of nitrogens with one attached hydrogen (secondary N) is 1. The Kier molecular flexibility index (Phi) is 7.33. The first-order chi connectivity index (χ1) is 9.24. The highest BCUT2D eigenvalue weighted by atomic mass is 16.5. The first-order valence-corrected chi connectivity index (χ1v) is 6.32. The van der Waals surface area contributed by atoms with Gasteiger partial charge in [0, 0.05) is 19.6 Å². The van der Waals surface area contributed by atoms with Gasteiger partial charge < -0.3 is 15.8 Å². The van der Waals surface area contributed by atoms with Crippen LogP contribution < -0.4 is 11.1 Å². The van der Waals surface area contributed by atoms with Crippen LogP contribution >= 0.6 is 0 Å². The number of rotatable bonds is 8. The number of carbonyl (C=O) groups excluding carboxylic acids is 1. The highest BCUT2D eigenvalue weighted by Gasteiger charge is 2.10. The zero-order valence-electron chi connectivity index (χ0n) is 11.0. The molecule has 0 saturated carbocycles. The topological polar surface area (TPSA) is 64.4 Å². The van der Waals surface area contributed by atoms with Crippen LogP contribution in [0.2, 0.25) is 0 Å². The summed E-state index contributed by atoms with van der Waals surface area (Å²) in [6.07, 6.45) is 6.10. The van der Waals surface area contributed by atoms with Gasteiger partial charge in [0.15, 0.2) is 0 Å². The molecule has 0 aliphatic carbocycles. The van der Waals surface area contributed by atoms with Crippen LogP contribution in [0.5, 0.6) is 0 Å². The van der Waals surface area contributed by atoms with Crippen molar-refractivity contribution in [2.24, 2.45) is 5.73 Å². The quantitative estimate of drug-likeness (QED) is 0.542. The monoisotopic (exact) mass is 260 g/mol. The number of amides is 1. The molecule has 4 heteroatoms. The summed E-state index contributed by atoms with van der Waals surface area (Å²) in [7, 11) is 0. The van der Waals surface area contributed by atoms with Crippen LogP contribution in [0.15, 0.2) is 30.3 Å². The van der Waals surface area contributed by atoms with E-state index in [4.69, 9.17) is 16.9 Å². The molecule has 0 radical (unpaired) electrons. The van der Waals surface area contributed by atoms with Gasteiger partial charge in [-0.3, -0.25) is 4.79 Å². The molecular weight excluding hydrogens is 240 g/mol. The minimum atomic E-state index is -0.616. The summed E-state index contributed by atoms with van der Waals surface area (Å²) in [5.41, 5.74) is 6.70. The Morgan fingerprint density at radius 1 is 1.42 bits per heavy atom. The van der Waals surface area contributed by atoms with Gasteiger partial charge in [-0.05, 0) is 12.0 Å². The number of hydrogen-bond donors (Lipinski definition) is 2. The van der Waals surface area contributed by atoms with Crippen molar-refractivity contribution < 1.29 is 9.53 Å². The summed E-state index contributed by atoms with van der Waals surface area (Å²) >= 11 is 0. The lowest BCUT2D eigenvalue weighted by atomic mass is 10.2. The van der Waals surface area contributed by atoms with Crippen LogP contribution in [0.1, 0.15) is 18.4 Å². The van der Waals surface area contributed by atoms with Gasteiger partial charge in [0.2, 0.25) is 5.91 Å². The Labute approximate surface area is 114 Å². The summed E-state index contributed by atoms with van der Waals surface area (Å²) < 4.78 is 5.49. The zero-order valence-corrected chi connectivity index (χ0v) is 11.0. The molecule has 0 spiro atoms.